The van der Waals surface area contributed by atoms with Crippen molar-refractivity contribution in [3.05, 3.63) is 41.9 Å². The molecule has 0 fully saturated rings. The summed E-state index contributed by atoms with van der Waals surface area (Å²) in [5.74, 6) is 2.77. The van der Waals surface area contributed by atoms with Crippen LogP contribution in [-0.2, 0) is 11.3 Å². The summed E-state index contributed by atoms with van der Waals surface area (Å²) in [6.45, 7) is 8.10. The number of nitrogens with one attached hydrogen (secondary N) is 1. The molecule has 2 heterocycles. The van der Waals surface area contributed by atoms with E-state index in [1.165, 1.54) is 11.8 Å². The van der Waals surface area contributed by atoms with Crippen molar-refractivity contribution in [3.8, 4) is 11.5 Å². The predicted molar refractivity (Wildman–Crippen MR) is 113 cm³/mol. The molecule has 0 aliphatic carbocycles. The smallest absolute Gasteiger partial charge is 0.238 e. The molecule has 1 aromatic carbocycles. The normalized spacial score (nSPS) is 13.0. The Morgan fingerprint density at radius 1 is 1.27 bits per heavy atom. The third-order valence-corrected chi connectivity index (χ3v) is 5.41. The molecule has 0 aliphatic rings. The minimum atomic E-state index is -0.408. The van der Waals surface area contributed by atoms with Crippen molar-refractivity contribution >= 4 is 23.5 Å². The third kappa shape index (κ3) is 4.93. The maximum Gasteiger partial charge on any atom is 0.238 e. The van der Waals surface area contributed by atoms with Crippen molar-refractivity contribution in [1.82, 2.24) is 19.9 Å². The van der Waals surface area contributed by atoms with Crippen molar-refractivity contribution in [2.24, 2.45) is 0 Å². The first-order valence-corrected chi connectivity index (χ1v) is 10.4. The molecule has 10 heteroatoms. The second-order valence-electron chi connectivity index (χ2n) is 6.57. The van der Waals surface area contributed by atoms with Gasteiger partial charge >= 0.3 is 0 Å². The van der Waals surface area contributed by atoms with Gasteiger partial charge in [0.1, 0.15) is 5.76 Å². The molecule has 0 aliphatic heterocycles. The average molecular weight is 432 g/mol. The summed E-state index contributed by atoms with van der Waals surface area (Å²) in [6.07, 6.45) is -0.356. The van der Waals surface area contributed by atoms with Gasteiger partial charge in [0.25, 0.3) is 0 Å². The number of ether oxygens (including phenoxy) is 2. The van der Waals surface area contributed by atoms with Gasteiger partial charge < -0.3 is 23.9 Å². The zero-order valence-electron chi connectivity index (χ0n) is 17.6. The molecule has 160 valence electrons. The Hall–Kier alpha value is -3.01. The van der Waals surface area contributed by atoms with Gasteiger partial charge in [-0.2, -0.15) is 0 Å². The third-order valence-electron chi connectivity index (χ3n) is 4.33. The molecule has 3 rings (SSSR count). The Kier molecular flexibility index (Phi) is 6.99. The van der Waals surface area contributed by atoms with E-state index in [9.17, 15) is 4.79 Å². The van der Waals surface area contributed by atoms with Crippen molar-refractivity contribution in [2.75, 3.05) is 12.4 Å². The number of anilines is 1. The first kappa shape index (κ1) is 21.7. The minimum Gasteiger partial charge on any atom is -0.493 e. The maximum atomic E-state index is 12.5. The van der Waals surface area contributed by atoms with Crippen molar-refractivity contribution < 1.29 is 18.8 Å². The topological polar surface area (TPSA) is 104 Å². The summed E-state index contributed by atoms with van der Waals surface area (Å²) >= 11 is 1.32. The monoisotopic (exact) mass is 431 g/mol. The molecule has 0 saturated heterocycles. The molecule has 1 amide bonds. The first-order valence-electron chi connectivity index (χ1n) is 9.56. The number of para-hydroxylation sites is 2. The lowest BCUT2D eigenvalue weighted by Gasteiger charge is -2.17. The van der Waals surface area contributed by atoms with E-state index in [0.717, 1.165) is 0 Å². The van der Waals surface area contributed by atoms with E-state index in [2.05, 4.69) is 20.7 Å². The number of aryl methyl sites for hydroxylation is 1. The van der Waals surface area contributed by atoms with Crippen LogP contribution in [-0.4, -0.2) is 38.2 Å². The largest absolute Gasteiger partial charge is 0.493 e. The summed E-state index contributed by atoms with van der Waals surface area (Å²) in [7, 11) is 1.60. The lowest BCUT2D eigenvalue weighted by Crippen LogP contribution is -2.23. The zero-order chi connectivity index (χ0) is 21.7. The quantitative estimate of drug-likeness (QED) is 0.509. The lowest BCUT2D eigenvalue weighted by molar-refractivity contribution is -0.115. The number of benzene rings is 1. The number of rotatable bonds is 9. The van der Waals surface area contributed by atoms with Crippen LogP contribution < -0.4 is 14.8 Å². The van der Waals surface area contributed by atoms with Crippen LogP contribution in [0, 0.1) is 6.92 Å². The van der Waals surface area contributed by atoms with Crippen LogP contribution in [0.5, 0.6) is 11.5 Å². The Morgan fingerprint density at radius 2 is 2.00 bits per heavy atom. The Labute approximate surface area is 179 Å². The minimum absolute atomic E-state index is 0.196. The fourth-order valence-corrected chi connectivity index (χ4v) is 3.73. The van der Waals surface area contributed by atoms with Crippen LogP contribution in [0.15, 0.2) is 40.0 Å². The molecule has 3 aromatic rings. The van der Waals surface area contributed by atoms with Crippen LogP contribution in [0.2, 0.25) is 0 Å². The van der Waals surface area contributed by atoms with Gasteiger partial charge in [0.2, 0.25) is 5.91 Å². The highest BCUT2D eigenvalue weighted by Crippen LogP contribution is 2.31. The number of hydrogen-bond donors (Lipinski definition) is 1. The Morgan fingerprint density at radius 3 is 2.63 bits per heavy atom. The molecular weight excluding hydrogens is 406 g/mol. The number of carbonyl (C=O) groups excluding carboxylic acids is 1. The first-order chi connectivity index (χ1) is 14.4. The molecule has 2 atom stereocenters. The second-order valence-corrected chi connectivity index (χ2v) is 7.88. The number of hydrogen-bond acceptors (Lipinski definition) is 8. The molecule has 1 N–H and O–H groups in total. The van der Waals surface area contributed by atoms with Crippen LogP contribution in [0.1, 0.15) is 38.5 Å². The SMILES string of the molecule is CCn1c(SC(C)C(=O)Nc2cc(C)on2)nnc1C(C)Oc1ccccc1OC. The van der Waals surface area contributed by atoms with E-state index in [1.54, 1.807) is 27.0 Å². The van der Waals surface area contributed by atoms with Gasteiger partial charge in [-0.05, 0) is 39.8 Å². The van der Waals surface area contributed by atoms with Gasteiger partial charge in [0, 0.05) is 12.6 Å². The number of nitrogens with zero attached hydrogens (tertiary/aromatic N) is 4. The highest BCUT2D eigenvalue weighted by molar-refractivity contribution is 8.00. The maximum absolute atomic E-state index is 12.5. The molecule has 0 bridgehead atoms. The van der Waals surface area contributed by atoms with Gasteiger partial charge in [-0.1, -0.05) is 29.1 Å². The van der Waals surface area contributed by atoms with E-state index in [-0.39, 0.29) is 12.0 Å². The van der Waals surface area contributed by atoms with Crippen molar-refractivity contribution in [2.45, 2.75) is 50.8 Å². The average Bonchev–Trinajstić information content (AvgIpc) is 3.33. The molecule has 9 nitrogen and oxygen atoms in total. The number of methoxy groups -OCH3 is 1. The number of aromatic nitrogens is 4. The second kappa shape index (κ2) is 9.66. The van der Waals surface area contributed by atoms with E-state index in [0.29, 0.717) is 40.6 Å². The molecule has 0 saturated carbocycles. The Bertz CT molecular complexity index is 1000. The fourth-order valence-electron chi connectivity index (χ4n) is 2.81. The van der Waals surface area contributed by atoms with Gasteiger partial charge in [0.05, 0.1) is 12.4 Å². The van der Waals surface area contributed by atoms with Gasteiger partial charge in [-0.3, -0.25) is 4.79 Å². The number of amides is 1. The molecule has 0 radical (unpaired) electrons. The highest BCUT2D eigenvalue weighted by atomic mass is 32.2. The van der Waals surface area contributed by atoms with E-state index >= 15 is 0 Å². The number of carbonyl (C=O) groups is 1. The summed E-state index contributed by atoms with van der Waals surface area (Å²) in [4.78, 5) is 12.5. The predicted octanol–water partition coefficient (Wildman–Crippen LogP) is 3.86. The van der Waals surface area contributed by atoms with E-state index in [4.69, 9.17) is 14.0 Å². The van der Waals surface area contributed by atoms with E-state index in [1.807, 2.05) is 42.7 Å². The standard InChI is InChI=1S/C20H25N5O4S/c1-6-25-18(13(3)28-16-10-8-7-9-15(16)27-5)22-23-20(25)30-14(4)19(26)21-17-11-12(2)29-24-17/h7-11,13-14H,6H2,1-5H3,(H,21,24,26). The number of thioether (sulfide) groups is 1. The fraction of sp³-hybridized carbons (Fsp3) is 0.400. The summed E-state index contributed by atoms with van der Waals surface area (Å²) < 4.78 is 18.3. The molecule has 30 heavy (non-hydrogen) atoms. The molecule has 2 aromatic heterocycles. The summed E-state index contributed by atoms with van der Waals surface area (Å²) in [6, 6.07) is 9.11. The van der Waals surface area contributed by atoms with E-state index < -0.39 is 5.25 Å². The highest BCUT2D eigenvalue weighted by Gasteiger charge is 2.23. The van der Waals surface area contributed by atoms with Crippen molar-refractivity contribution in [1.29, 1.82) is 0 Å². The van der Waals surface area contributed by atoms with Gasteiger partial charge in [0.15, 0.2) is 34.4 Å². The lowest BCUT2D eigenvalue weighted by atomic mass is 10.3. The Balaban J connectivity index is 1.70. The zero-order valence-corrected chi connectivity index (χ0v) is 18.4. The van der Waals surface area contributed by atoms with Crippen LogP contribution in [0.25, 0.3) is 0 Å². The summed E-state index contributed by atoms with van der Waals surface area (Å²) in [5.41, 5.74) is 0. The van der Waals surface area contributed by atoms with Gasteiger partial charge in [-0.25, -0.2) is 0 Å². The molecule has 2 unspecified atom stereocenters. The van der Waals surface area contributed by atoms with Crippen molar-refractivity contribution in [3.63, 3.8) is 0 Å². The molecule has 0 spiro atoms. The van der Waals surface area contributed by atoms with Gasteiger partial charge in [-0.15, -0.1) is 10.2 Å². The molecular formula is C20H25N5O4S. The van der Waals surface area contributed by atoms with Crippen LogP contribution in [0.4, 0.5) is 5.82 Å². The van der Waals surface area contributed by atoms with Crippen LogP contribution >= 0.6 is 11.8 Å². The summed E-state index contributed by atoms with van der Waals surface area (Å²) in [5, 5.41) is 15.3. The van der Waals surface area contributed by atoms with Crippen LogP contribution in [0.3, 0.4) is 0 Å².